The van der Waals surface area contributed by atoms with Gasteiger partial charge in [0.25, 0.3) is 0 Å². The lowest BCUT2D eigenvalue weighted by Gasteiger charge is -2.40. The van der Waals surface area contributed by atoms with Crippen LogP contribution in [-0.4, -0.2) is 17.9 Å². The second kappa shape index (κ2) is 5.54. The summed E-state index contributed by atoms with van der Waals surface area (Å²) in [4.78, 5) is 24.2. The van der Waals surface area contributed by atoms with E-state index in [1.165, 1.54) is 6.42 Å². The van der Waals surface area contributed by atoms with Crippen molar-refractivity contribution in [3.05, 3.63) is 0 Å². The monoisotopic (exact) mass is 306 g/mol. The topological polar surface area (TPSA) is 69.2 Å². The van der Waals surface area contributed by atoms with Crippen molar-refractivity contribution in [3.8, 4) is 0 Å². The van der Waals surface area contributed by atoms with E-state index in [1.807, 2.05) is 0 Å². The molecule has 124 valence electrons. The largest absolute Gasteiger partial charge is 0.550 e. The molecular weight excluding hydrogens is 278 g/mol. The molecular formula is C18H28NO3-. The number of hydrogen-bond acceptors (Lipinski definition) is 3. The minimum Gasteiger partial charge on any atom is -0.550 e. The number of aliphatic carboxylic acids is 1. The Hall–Kier alpha value is -1.06. The Kier molecular flexibility index (Phi) is 3.98. The van der Waals surface area contributed by atoms with E-state index < -0.39 is 11.9 Å². The fourth-order valence-corrected chi connectivity index (χ4v) is 5.76. The molecule has 3 aliphatic carbocycles. The van der Waals surface area contributed by atoms with Gasteiger partial charge in [0, 0.05) is 23.8 Å². The minimum atomic E-state index is -1.02. The van der Waals surface area contributed by atoms with E-state index in [1.54, 1.807) is 0 Å². The third kappa shape index (κ3) is 2.89. The molecule has 0 aromatic heterocycles. The standard InChI is InChI=1S/C18H29NO3/c1-10-6-13(9-18(2,3)8-10)19-16(20)14-11-4-5-12(7-11)15(14)17(21)22/h10-15H,4-9H2,1-3H3,(H,19,20)(H,21,22)/p-1/t10-,11+,12+,13-,14-,15+/m1/s1. The predicted molar refractivity (Wildman–Crippen MR) is 81.5 cm³/mol. The Labute approximate surface area is 133 Å². The van der Waals surface area contributed by atoms with Crippen molar-refractivity contribution >= 4 is 11.9 Å². The van der Waals surface area contributed by atoms with Gasteiger partial charge in [0.05, 0.1) is 0 Å². The van der Waals surface area contributed by atoms with Crippen LogP contribution in [-0.2, 0) is 9.59 Å². The highest BCUT2D eigenvalue weighted by atomic mass is 16.4. The molecule has 0 saturated heterocycles. The van der Waals surface area contributed by atoms with E-state index in [-0.39, 0.29) is 35.1 Å². The van der Waals surface area contributed by atoms with Crippen LogP contribution >= 0.6 is 0 Å². The summed E-state index contributed by atoms with van der Waals surface area (Å²) in [5.41, 5.74) is 0.248. The molecule has 2 bridgehead atoms. The SMILES string of the molecule is C[C@@H]1C[C@@H](NC(=O)[C@@H]2[C@H]3CC[C@@H](C3)[C@@H]2C(=O)[O-])CC(C)(C)C1. The van der Waals surface area contributed by atoms with E-state index in [2.05, 4.69) is 26.1 Å². The van der Waals surface area contributed by atoms with Crippen LogP contribution in [0.15, 0.2) is 0 Å². The first-order valence-electron chi connectivity index (χ1n) is 8.78. The molecule has 1 amide bonds. The van der Waals surface area contributed by atoms with Gasteiger partial charge in [-0.1, -0.05) is 20.8 Å². The molecule has 0 aliphatic heterocycles. The fraction of sp³-hybridized carbons (Fsp3) is 0.889. The van der Waals surface area contributed by atoms with Crippen molar-refractivity contribution in [2.75, 3.05) is 0 Å². The van der Waals surface area contributed by atoms with E-state index in [4.69, 9.17) is 0 Å². The molecule has 22 heavy (non-hydrogen) atoms. The Morgan fingerprint density at radius 3 is 2.27 bits per heavy atom. The molecule has 3 rings (SSSR count). The molecule has 0 aromatic carbocycles. The third-order valence-electron chi connectivity index (χ3n) is 6.22. The number of amides is 1. The molecule has 1 N–H and O–H groups in total. The molecule has 0 unspecified atom stereocenters. The van der Waals surface area contributed by atoms with E-state index in [9.17, 15) is 14.7 Å². The first-order valence-corrected chi connectivity index (χ1v) is 8.78. The smallest absolute Gasteiger partial charge is 0.224 e. The van der Waals surface area contributed by atoms with Gasteiger partial charge in [-0.15, -0.1) is 0 Å². The van der Waals surface area contributed by atoms with Gasteiger partial charge in [-0.3, -0.25) is 4.79 Å². The first kappa shape index (κ1) is 15.8. The number of carbonyl (C=O) groups is 2. The number of hydrogen-bond donors (Lipinski definition) is 1. The maximum atomic E-state index is 12.7. The Morgan fingerprint density at radius 1 is 1.05 bits per heavy atom. The highest BCUT2D eigenvalue weighted by Crippen LogP contribution is 2.52. The van der Waals surface area contributed by atoms with E-state index in [0.717, 1.165) is 32.1 Å². The molecule has 0 spiro atoms. The highest BCUT2D eigenvalue weighted by molar-refractivity contribution is 5.85. The predicted octanol–water partition coefficient (Wildman–Crippen LogP) is 1.73. The summed E-state index contributed by atoms with van der Waals surface area (Å²) >= 11 is 0. The minimum absolute atomic E-state index is 0.0312. The summed E-state index contributed by atoms with van der Waals surface area (Å²) < 4.78 is 0. The van der Waals surface area contributed by atoms with E-state index >= 15 is 0 Å². The number of fused-ring (bicyclic) bond motifs is 2. The van der Waals surface area contributed by atoms with Crippen molar-refractivity contribution in [2.24, 2.45) is 35.0 Å². The lowest BCUT2D eigenvalue weighted by molar-refractivity contribution is -0.314. The van der Waals surface area contributed by atoms with Crippen molar-refractivity contribution in [1.29, 1.82) is 0 Å². The lowest BCUT2D eigenvalue weighted by atomic mass is 9.70. The zero-order valence-corrected chi connectivity index (χ0v) is 13.9. The quantitative estimate of drug-likeness (QED) is 0.863. The Balaban J connectivity index is 1.68. The summed E-state index contributed by atoms with van der Waals surface area (Å²) in [7, 11) is 0. The van der Waals surface area contributed by atoms with Gasteiger partial charge in [0.1, 0.15) is 0 Å². The number of carboxylic acids is 1. The highest BCUT2D eigenvalue weighted by Gasteiger charge is 2.51. The summed E-state index contributed by atoms with van der Waals surface area (Å²) in [6.07, 6.45) is 6.02. The molecule has 0 aromatic rings. The molecule has 0 heterocycles. The van der Waals surface area contributed by atoms with E-state index in [0.29, 0.717) is 5.92 Å². The van der Waals surface area contributed by atoms with Crippen molar-refractivity contribution in [3.63, 3.8) is 0 Å². The number of nitrogens with one attached hydrogen (secondary N) is 1. The summed E-state index contributed by atoms with van der Waals surface area (Å²) in [6.45, 7) is 6.74. The molecule has 6 atom stereocenters. The number of carboxylic acid groups (broad SMARTS) is 1. The second-order valence-corrected chi connectivity index (χ2v) is 8.82. The summed E-state index contributed by atoms with van der Waals surface area (Å²) in [5, 5.41) is 14.6. The molecule has 3 saturated carbocycles. The van der Waals surface area contributed by atoms with Crippen LogP contribution in [0.1, 0.15) is 59.3 Å². The number of rotatable bonds is 3. The number of carbonyl (C=O) groups excluding carboxylic acids is 2. The maximum Gasteiger partial charge on any atom is 0.224 e. The summed E-state index contributed by atoms with van der Waals surface area (Å²) in [6, 6.07) is 0.188. The molecule has 3 fully saturated rings. The molecule has 4 heteroatoms. The first-order chi connectivity index (χ1) is 10.3. The van der Waals surface area contributed by atoms with Crippen LogP contribution in [0.2, 0.25) is 0 Å². The lowest BCUT2D eigenvalue weighted by Crippen LogP contribution is -2.50. The Morgan fingerprint density at radius 2 is 1.68 bits per heavy atom. The zero-order chi connectivity index (χ0) is 16.1. The van der Waals surface area contributed by atoms with Gasteiger partial charge in [-0.05, 0) is 61.7 Å². The zero-order valence-electron chi connectivity index (χ0n) is 13.9. The fourth-order valence-electron chi connectivity index (χ4n) is 5.76. The van der Waals surface area contributed by atoms with Crippen LogP contribution in [0, 0.1) is 35.0 Å². The van der Waals surface area contributed by atoms with Gasteiger partial charge in [-0.2, -0.15) is 0 Å². The average Bonchev–Trinajstić information content (AvgIpc) is 2.95. The second-order valence-electron chi connectivity index (χ2n) is 8.82. The molecule has 3 aliphatic rings. The average molecular weight is 306 g/mol. The van der Waals surface area contributed by atoms with Crippen LogP contribution in [0.5, 0.6) is 0 Å². The summed E-state index contributed by atoms with van der Waals surface area (Å²) in [5.74, 6) is -0.960. The van der Waals surface area contributed by atoms with Crippen LogP contribution in [0.4, 0.5) is 0 Å². The molecule has 4 nitrogen and oxygen atoms in total. The molecule has 0 radical (unpaired) electrons. The van der Waals surface area contributed by atoms with Crippen molar-refractivity contribution in [2.45, 2.75) is 65.3 Å². The van der Waals surface area contributed by atoms with Gasteiger partial charge >= 0.3 is 0 Å². The van der Waals surface area contributed by atoms with Crippen molar-refractivity contribution < 1.29 is 14.7 Å². The van der Waals surface area contributed by atoms with Crippen LogP contribution in [0.3, 0.4) is 0 Å². The van der Waals surface area contributed by atoms with Crippen LogP contribution in [0.25, 0.3) is 0 Å². The van der Waals surface area contributed by atoms with Gasteiger partial charge in [0.2, 0.25) is 5.91 Å². The Bertz CT molecular complexity index is 473. The van der Waals surface area contributed by atoms with Gasteiger partial charge < -0.3 is 15.2 Å². The third-order valence-corrected chi connectivity index (χ3v) is 6.22. The normalized spacial score (nSPS) is 43.0. The van der Waals surface area contributed by atoms with Crippen LogP contribution < -0.4 is 10.4 Å². The van der Waals surface area contributed by atoms with Crippen molar-refractivity contribution in [1.82, 2.24) is 5.32 Å². The van der Waals surface area contributed by atoms with Gasteiger partial charge in [0.15, 0.2) is 0 Å². The maximum absolute atomic E-state index is 12.7. The van der Waals surface area contributed by atoms with Gasteiger partial charge in [-0.25, -0.2) is 0 Å².